The zero-order chi connectivity index (χ0) is 38.4. The molecule has 0 atom stereocenters. The fourth-order valence-electron chi connectivity index (χ4n) is 5.28. The standard InChI is InChI=1S/2C21H19NO.C4H4O4/c2*23-21(20-14-8-3-9-15-20)22(16-18-10-4-1-5-11-18)17-19-12-6-2-7-13-19;5-3(6)1-2-4(7)8/h2*1-15H,16-17H2;1-2H,(H,5,6)(H,7,8)/b;;2-1-. The first-order chi connectivity index (χ1) is 26.3. The zero-order valence-electron chi connectivity index (χ0n) is 29.7. The van der Waals surface area contributed by atoms with Crippen molar-refractivity contribution < 1.29 is 29.4 Å². The van der Waals surface area contributed by atoms with Gasteiger partial charge in [-0.2, -0.15) is 0 Å². The minimum atomic E-state index is -1.26. The van der Waals surface area contributed by atoms with Gasteiger partial charge >= 0.3 is 11.9 Å². The largest absolute Gasteiger partial charge is 0.478 e. The van der Waals surface area contributed by atoms with E-state index >= 15 is 0 Å². The van der Waals surface area contributed by atoms with Gasteiger partial charge in [-0.05, 0) is 46.5 Å². The maximum Gasteiger partial charge on any atom is 0.328 e. The van der Waals surface area contributed by atoms with Crippen molar-refractivity contribution in [2.45, 2.75) is 26.2 Å². The van der Waals surface area contributed by atoms with E-state index in [9.17, 15) is 19.2 Å². The van der Waals surface area contributed by atoms with Crippen LogP contribution in [0.3, 0.4) is 0 Å². The van der Waals surface area contributed by atoms with Crippen molar-refractivity contribution in [3.05, 3.63) is 228 Å². The second-order valence-corrected chi connectivity index (χ2v) is 12.0. The Balaban J connectivity index is 0.000000201. The minimum absolute atomic E-state index is 0.0540. The summed E-state index contributed by atoms with van der Waals surface area (Å²) in [5.74, 6) is -2.41. The van der Waals surface area contributed by atoms with Crippen molar-refractivity contribution >= 4 is 23.8 Å². The van der Waals surface area contributed by atoms with Crippen LogP contribution in [-0.2, 0) is 35.8 Å². The second-order valence-electron chi connectivity index (χ2n) is 12.0. The van der Waals surface area contributed by atoms with Gasteiger partial charge < -0.3 is 20.0 Å². The van der Waals surface area contributed by atoms with Gasteiger partial charge in [0.15, 0.2) is 0 Å². The van der Waals surface area contributed by atoms with Gasteiger partial charge in [0, 0.05) is 49.5 Å². The van der Waals surface area contributed by atoms with Crippen LogP contribution >= 0.6 is 0 Å². The lowest BCUT2D eigenvalue weighted by Gasteiger charge is -2.23. The molecule has 0 saturated heterocycles. The number of carboxylic acids is 2. The molecular weight excluding hydrogens is 677 g/mol. The summed E-state index contributed by atoms with van der Waals surface area (Å²) >= 11 is 0. The quantitative estimate of drug-likeness (QED) is 0.122. The van der Waals surface area contributed by atoms with E-state index in [1.54, 1.807) is 0 Å². The molecule has 0 heterocycles. The number of nitrogens with zero attached hydrogens (tertiary/aromatic N) is 2. The number of carbonyl (C=O) groups excluding carboxylic acids is 2. The normalized spacial score (nSPS) is 10.1. The second kappa shape index (κ2) is 22.0. The van der Waals surface area contributed by atoms with Crippen molar-refractivity contribution in [2.24, 2.45) is 0 Å². The average molecular weight is 719 g/mol. The van der Waals surface area contributed by atoms with Crippen molar-refractivity contribution in [3.8, 4) is 0 Å². The predicted octanol–water partition coefficient (Wildman–Crippen LogP) is 8.77. The SMILES string of the molecule is O=C(O)/C=C\C(=O)O.O=C(c1ccccc1)N(Cc1ccccc1)Cc1ccccc1.O=C(c1ccccc1)N(Cc1ccccc1)Cc1ccccc1. The Morgan fingerprint density at radius 2 is 0.556 bits per heavy atom. The fourth-order valence-corrected chi connectivity index (χ4v) is 5.28. The van der Waals surface area contributed by atoms with Crippen LogP contribution in [0.5, 0.6) is 0 Å². The molecule has 0 spiro atoms. The molecule has 8 nitrogen and oxygen atoms in total. The molecule has 0 fully saturated rings. The number of carboxylic acid groups (broad SMARTS) is 2. The number of amides is 2. The lowest BCUT2D eigenvalue weighted by Crippen LogP contribution is -2.30. The number of rotatable bonds is 12. The number of carbonyl (C=O) groups is 4. The summed E-state index contributed by atoms with van der Waals surface area (Å²) in [6.07, 6.45) is 1.12. The summed E-state index contributed by atoms with van der Waals surface area (Å²) in [5.41, 5.74) is 5.97. The Hall–Kier alpha value is -7.06. The molecule has 272 valence electrons. The first-order valence-corrected chi connectivity index (χ1v) is 17.3. The Bertz CT molecular complexity index is 1810. The highest BCUT2D eigenvalue weighted by Gasteiger charge is 2.17. The van der Waals surface area contributed by atoms with E-state index < -0.39 is 11.9 Å². The first-order valence-electron chi connectivity index (χ1n) is 17.3. The molecule has 8 heteroatoms. The lowest BCUT2D eigenvalue weighted by atomic mass is 10.1. The maximum absolute atomic E-state index is 12.9. The van der Waals surface area contributed by atoms with Crippen LogP contribution in [0, 0.1) is 0 Å². The van der Waals surface area contributed by atoms with Crippen molar-refractivity contribution in [3.63, 3.8) is 0 Å². The van der Waals surface area contributed by atoms with Gasteiger partial charge in [-0.1, -0.05) is 158 Å². The smallest absolute Gasteiger partial charge is 0.328 e. The van der Waals surface area contributed by atoms with Gasteiger partial charge in [0.2, 0.25) is 0 Å². The van der Waals surface area contributed by atoms with Crippen molar-refractivity contribution in [2.75, 3.05) is 0 Å². The third-order valence-electron chi connectivity index (χ3n) is 7.85. The monoisotopic (exact) mass is 718 g/mol. The molecule has 0 aliphatic rings. The molecule has 6 rings (SSSR count). The van der Waals surface area contributed by atoms with Crippen molar-refractivity contribution in [1.82, 2.24) is 9.80 Å². The van der Waals surface area contributed by atoms with Gasteiger partial charge in [-0.25, -0.2) is 9.59 Å². The highest BCUT2D eigenvalue weighted by atomic mass is 16.4. The molecule has 2 amide bonds. The van der Waals surface area contributed by atoms with E-state index in [4.69, 9.17) is 10.2 Å². The molecule has 6 aromatic rings. The third kappa shape index (κ3) is 14.3. The summed E-state index contributed by atoms with van der Waals surface area (Å²) in [6.45, 7) is 2.40. The van der Waals surface area contributed by atoms with Crippen LogP contribution < -0.4 is 0 Å². The molecule has 0 unspecified atom stereocenters. The highest BCUT2D eigenvalue weighted by Crippen LogP contribution is 2.16. The van der Waals surface area contributed by atoms with Crippen molar-refractivity contribution in [1.29, 1.82) is 0 Å². The Morgan fingerprint density at radius 1 is 0.352 bits per heavy atom. The van der Waals surface area contributed by atoms with E-state index in [0.29, 0.717) is 38.3 Å². The number of aliphatic carboxylic acids is 2. The summed E-state index contributed by atoms with van der Waals surface area (Å²) in [5, 5.41) is 15.6. The van der Waals surface area contributed by atoms with Gasteiger partial charge in [0.05, 0.1) is 0 Å². The van der Waals surface area contributed by atoms with Gasteiger partial charge in [-0.15, -0.1) is 0 Å². The topological polar surface area (TPSA) is 115 Å². The average Bonchev–Trinajstić information content (AvgIpc) is 3.22. The van der Waals surface area contributed by atoms with Gasteiger partial charge in [-0.3, -0.25) is 9.59 Å². The molecule has 0 bridgehead atoms. The van der Waals surface area contributed by atoms with E-state index in [-0.39, 0.29) is 11.8 Å². The van der Waals surface area contributed by atoms with E-state index in [2.05, 4.69) is 48.5 Å². The van der Waals surface area contributed by atoms with Crippen LogP contribution in [0.4, 0.5) is 0 Å². The molecule has 0 aliphatic carbocycles. The molecule has 0 aromatic heterocycles. The molecule has 0 aliphatic heterocycles. The van der Waals surface area contributed by atoms with Crippen LogP contribution in [0.2, 0.25) is 0 Å². The number of hydrogen-bond donors (Lipinski definition) is 2. The van der Waals surface area contributed by atoms with E-state index in [1.165, 1.54) is 0 Å². The highest BCUT2D eigenvalue weighted by molar-refractivity contribution is 5.94. The van der Waals surface area contributed by atoms with Crippen LogP contribution in [-0.4, -0.2) is 43.8 Å². The van der Waals surface area contributed by atoms with E-state index in [1.807, 2.05) is 143 Å². The number of hydrogen-bond acceptors (Lipinski definition) is 4. The van der Waals surface area contributed by atoms with Crippen LogP contribution in [0.15, 0.2) is 194 Å². The summed E-state index contributed by atoms with van der Waals surface area (Å²) < 4.78 is 0. The van der Waals surface area contributed by atoms with Gasteiger partial charge in [0.1, 0.15) is 0 Å². The molecule has 54 heavy (non-hydrogen) atoms. The minimum Gasteiger partial charge on any atom is -0.478 e. The molecule has 6 aromatic carbocycles. The molecule has 2 N–H and O–H groups in total. The molecular formula is C46H42N2O6. The molecule has 0 saturated carbocycles. The predicted molar refractivity (Wildman–Crippen MR) is 210 cm³/mol. The maximum atomic E-state index is 12.9. The summed E-state index contributed by atoms with van der Waals surface area (Å²) in [7, 11) is 0. The fraction of sp³-hybridized carbons (Fsp3) is 0.0870. The third-order valence-corrected chi connectivity index (χ3v) is 7.85. The number of benzene rings is 6. The Morgan fingerprint density at radius 3 is 0.759 bits per heavy atom. The van der Waals surface area contributed by atoms with Crippen LogP contribution in [0.1, 0.15) is 43.0 Å². The summed E-state index contributed by atoms with van der Waals surface area (Å²) in [4.78, 5) is 48.6. The first kappa shape index (κ1) is 39.7. The Kier molecular flexibility index (Phi) is 16.2. The van der Waals surface area contributed by atoms with Gasteiger partial charge in [0.25, 0.3) is 11.8 Å². The Labute approximate surface area is 315 Å². The zero-order valence-corrected chi connectivity index (χ0v) is 29.7. The van der Waals surface area contributed by atoms with Crippen LogP contribution in [0.25, 0.3) is 0 Å². The lowest BCUT2D eigenvalue weighted by molar-refractivity contribution is -0.134. The van der Waals surface area contributed by atoms with E-state index in [0.717, 1.165) is 33.4 Å². The summed E-state index contributed by atoms with van der Waals surface area (Å²) in [6, 6.07) is 59.3. The molecule has 0 radical (unpaired) electrons.